The van der Waals surface area contributed by atoms with Crippen LogP contribution in [0, 0.1) is 6.92 Å². The third-order valence-corrected chi connectivity index (χ3v) is 5.75. The fourth-order valence-electron chi connectivity index (χ4n) is 3.24. The molecular formula is C22H26N2O5S. The molecule has 7 nitrogen and oxygen atoms in total. The second-order valence-corrected chi connectivity index (χ2v) is 7.71. The number of ether oxygens (including phenoxy) is 4. The first-order chi connectivity index (χ1) is 14.5. The van der Waals surface area contributed by atoms with Crippen LogP contribution < -0.4 is 19.0 Å². The van der Waals surface area contributed by atoms with Crippen molar-refractivity contribution in [1.82, 2.24) is 4.57 Å². The Labute approximate surface area is 179 Å². The monoisotopic (exact) mass is 430 g/mol. The van der Waals surface area contributed by atoms with Gasteiger partial charge in [-0.3, -0.25) is 4.79 Å². The Morgan fingerprint density at radius 3 is 2.37 bits per heavy atom. The number of hydrogen-bond donors (Lipinski definition) is 0. The number of aryl methyl sites for hydroxylation is 1. The number of carbonyl (C=O) groups is 1. The Kier molecular flexibility index (Phi) is 7.12. The van der Waals surface area contributed by atoms with Crippen molar-refractivity contribution < 1.29 is 23.7 Å². The fourth-order valence-corrected chi connectivity index (χ4v) is 4.32. The zero-order valence-corrected chi connectivity index (χ0v) is 18.7. The summed E-state index contributed by atoms with van der Waals surface area (Å²) in [5, 5.41) is 0. The molecule has 0 aliphatic heterocycles. The number of benzene rings is 2. The lowest BCUT2D eigenvalue weighted by Gasteiger charge is -2.09. The van der Waals surface area contributed by atoms with Crippen LogP contribution in [0.2, 0.25) is 0 Å². The van der Waals surface area contributed by atoms with E-state index < -0.39 is 0 Å². The van der Waals surface area contributed by atoms with Gasteiger partial charge >= 0.3 is 0 Å². The van der Waals surface area contributed by atoms with Gasteiger partial charge in [-0.2, -0.15) is 4.99 Å². The highest BCUT2D eigenvalue weighted by atomic mass is 32.1. The van der Waals surface area contributed by atoms with Gasteiger partial charge in [0.2, 0.25) is 0 Å². The molecule has 1 aromatic heterocycles. The molecule has 2 aromatic carbocycles. The molecule has 0 N–H and O–H groups in total. The largest absolute Gasteiger partial charge is 0.496 e. The van der Waals surface area contributed by atoms with Gasteiger partial charge in [0.05, 0.1) is 44.6 Å². The molecule has 0 saturated heterocycles. The van der Waals surface area contributed by atoms with Crippen LogP contribution in [0.3, 0.4) is 0 Å². The van der Waals surface area contributed by atoms with Crippen LogP contribution in [0.15, 0.2) is 35.3 Å². The zero-order valence-electron chi connectivity index (χ0n) is 17.9. The van der Waals surface area contributed by atoms with E-state index in [1.165, 1.54) is 11.3 Å². The number of methoxy groups -OCH3 is 4. The van der Waals surface area contributed by atoms with E-state index in [9.17, 15) is 4.79 Å². The Hall–Kier alpha value is -2.84. The van der Waals surface area contributed by atoms with Crippen molar-refractivity contribution in [3.8, 4) is 17.2 Å². The number of hydrogen-bond acceptors (Lipinski definition) is 6. The number of aromatic nitrogens is 1. The van der Waals surface area contributed by atoms with E-state index in [0.29, 0.717) is 35.2 Å². The minimum absolute atomic E-state index is 0.163. The number of amides is 1. The molecule has 3 rings (SSSR count). The van der Waals surface area contributed by atoms with Crippen molar-refractivity contribution in [2.45, 2.75) is 19.9 Å². The van der Waals surface area contributed by atoms with Crippen LogP contribution in [0.1, 0.15) is 11.1 Å². The maximum atomic E-state index is 12.8. The minimum Gasteiger partial charge on any atom is -0.496 e. The molecule has 0 unspecified atom stereocenters. The first-order valence-corrected chi connectivity index (χ1v) is 10.3. The molecule has 0 spiro atoms. The van der Waals surface area contributed by atoms with Gasteiger partial charge in [0, 0.05) is 31.4 Å². The average Bonchev–Trinajstić information content (AvgIpc) is 3.06. The second-order valence-electron chi connectivity index (χ2n) is 6.70. The molecule has 0 fully saturated rings. The lowest BCUT2D eigenvalue weighted by atomic mass is 10.1. The molecule has 160 valence electrons. The van der Waals surface area contributed by atoms with E-state index in [-0.39, 0.29) is 12.3 Å². The average molecular weight is 431 g/mol. The smallest absolute Gasteiger partial charge is 0.252 e. The van der Waals surface area contributed by atoms with E-state index in [2.05, 4.69) is 4.99 Å². The normalized spacial score (nSPS) is 11.7. The third kappa shape index (κ3) is 4.66. The van der Waals surface area contributed by atoms with Crippen molar-refractivity contribution >= 4 is 27.5 Å². The van der Waals surface area contributed by atoms with Crippen molar-refractivity contribution in [2.75, 3.05) is 35.0 Å². The molecule has 0 radical (unpaired) electrons. The fraction of sp³-hybridized carbons (Fsp3) is 0.364. The molecule has 1 heterocycles. The molecule has 1 amide bonds. The molecular weight excluding hydrogens is 404 g/mol. The Bertz CT molecular complexity index is 1120. The summed E-state index contributed by atoms with van der Waals surface area (Å²) in [5.74, 6) is 1.70. The molecule has 3 aromatic rings. The molecule has 0 aliphatic rings. The topological polar surface area (TPSA) is 71.3 Å². The van der Waals surface area contributed by atoms with Crippen molar-refractivity contribution in [3.63, 3.8) is 0 Å². The van der Waals surface area contributed by atoms with E-state index in [0.717, 1.165) is 21.3 Å². The summed E-state index contributed by atoms with van der Waals surface area (Å²) in [7, 11) is 6.44. The van der Waals surface area contributed by atoms with Crippen LogP contribution in [0.5, 0.6) is 17.2 Å². The van der Waals surface area contributed by atoms with Gasteiger partial charge in [-0.15, -0.1) is 0 Å². The van der Waals surface area contributed by atoms with Crippen LogP contribution in [-0.4, -0.2) is 45.5 Å². The van der Waals surface area contributed by atoms with Gasteiger partial charge in [0.1, 0.15) is 5.75 Å². The highest BCUT2D eigenvalue weighted by molar-refractivity contribution is 7.16. The molecule has 0 saturated carbocycles. The van der Waals surface area contributed by atoms with Crippen molar-refractivity contribution in [3.05, 3.63) is 46.3 Å². The van der Waals surface area contributed by atoms with E-state index >= 15 is 0 Å². The summed E-state index contributed by atoms with van der Waals surface area (Å²) >= 11 is 1.43. The summed E-state index contributed by atoms with van der Waals surface area (Å²) in [6, 6.07) is 9.57. The van der Waals surface area contributed by atoms with Gasteiger partial charge in [0.25, 0.3) is 5.91 Å². The third-order valence-electron chi connectivity index (χ3n) is 4.71. The minimum atomic E-state index is -0.240. The quantitative estimate of drug-likeness (QED) is 0.548. The number of thiazole rings is 1. The van der Waals surface area contributed by atoms with Gasteiger partial charge in [-0.25, -0.2) is 0 Å². The lowest BCUT2D eigenvalue weighted by Crippen LogP contribution is -2.20. The lowest BCUT2D eigenvalue weighted by molar-refractivity contribution is -0.117. The Balaban J connectivity index is 2.05. The highest BCUT2D eigenvalue weighted by Gasteiger charge is 2.14. The van der Waals surface area contributed by atoms with Gasteiger partial charge in [-0.05, 0) is 13.0 Å². The molecule has 0 bridgehead atoms. The first kappa shape index (κ1) is 21.9. The molecule has 8 heteroatoms. The predicted octanol–water partition coefficient (Wildman–Crippen LogP) is 3.35. The van der Waals surface area contributed by atoms with E-state index in [4.69, 9.17) is 18.9 Å². The van der Waals surface area contributed by atoms with Crippen molar-refractivity contribution in [2.24, 2.45) is 4.99 Å². The van der Waals surface area contributed by atoms with Crippen molar-refractivity contribution in [1.29, 1.82) is 0 Å². The van der Waals surface area contributed by atoms with Gasteiger partial charge in [-0.1, -0.05) is 29.0 Å². The van der Waals surface area contributed by atoms with Crippen LogP contribution in [-0.2, 0) is 22.5 Å². The van der Waals surface area contributed by atoms with E-state index in [1.807, 2.05) is 41.8 Å². The highest BCUT2D eigenvalue weighted by Crippen LogP contribution is 2.33. The Morgan fingerprint density at radius 2 is 1.70 bits per heavy atom. The second kappa shape index (κ2) is 9.77. The zero-order chi connectivity index (χ0) is 21.7. The summed E-state index contributed by atoms with van der Waals surface area (Å²) in [6.07, 6.45) is 0.163. The van der Waals surface area contributed by atoms with Gasteiger partial charge < -0.3 is 23.5 Å². The summed E-state index contributed by atoms with van der Waals surface area (Å²) in [4.78, 5) is 17.8. The number of fused-ring (bicyclic) bond motifs is 1. The summed E-state index contributed by atoms with van der Waals surface area (Å²) < 4.78 is 24.4. The van der Waals surface area contributed by atoms with Crippen LogP contribution >= 0.6 is 11.3 Å². The summed E-state index contributed by atoms with van der Waals surface area (Å²) in [6.45, 7) is 3.04. The number of carbonyl (C=O) groups excluding carboxylic acids is 1. The maximum absolute atomic E-state index is 12.8. The molecule has 0 atom stereocenters. The maximum Gasteiger partial charge on any atom is 0.252 e. The number of nitrogens with zero attached hydrogens (tertiary/aromatic N) is 2. The predicted molar refractivity (Wildman–Crippen MR) is 117 cm³/mol. The standard InChI is InChI=1S/C22H26N2O5S/c1-14-6-7-17(27-3)15(10-14)11-21(25)23-22-24(8-9-26-2)16-12-18(28-4)19(29-5)13-20(16)30-22/h6-7,10,12-13H,8-9,11H2,1-5H3. The molecule has 30 heavy (non-hydrogen) atoms. The SMILES string of the molecule is COCCn1c(=NC(=O)Cc2cc(C)ccc2OC)sc2cc(OC)c(OC)cc21. The van der Waals surface area contributed by atoms with Gasteiger partial charge in [0.15, 0.2) is 16.3 Å². The molecule has 0 aliphatic carbocycles. The summed E-state index contributed by atoms with van der Waals surface area (Å²) in [5.41, 5.74) is 2.79. The van der Waals surface area contributed by atoms with Crippen LogP contribution in [0.4, 0.5) is 0 Å². The Morgan fingerprint density at radius 1 is 1.00 bits per heavy atom. The van der Waals surface area contributed by atoms with Crippen LogP contribution in [0.25, 0.3) is 10.2 Å². The number of rotatable bonds is 8. The first-order valence-electron chi connectivity index (χ1n) is 9.46. The van der Waals surface area contributed by atoms with E-state index in [1.54, 1.807) is 28.4 Å².